The van der Waals surface area contributed by atoms with Gasteiger partial charge in [0.25, 0.3) is 26.1 Å². The zero-order valence-electron chi connectivity index (χ0n) is 25.1. The molecule has 0 saturated heterocycles. The molecule has 0 radical (unpaired) electrons. The molecule has 0 bridgehead atoms. The lowest BCUT2D eigenvalue weighted by atomic mass is 9.94. The summed E-state index contributed by atoms with van der Waals surface area (Å²) in [5.74, 6) is -2.77. The van der Waals surface area contributed by atoms with Crippen LogP contribution in [0, 0.1) is 0 Å². The van der Waals surface area contributed by atoms with Crippen LogP contribution >= 0.6 is 0 Å². The van der Waals surface area contributed by atoms with Gasteiger partial charge in [0.15, 0.2) is 6.61 Å². The van der Waals surface area contributed by atoms with Crippen molar-refractivity contribution in [2.45, 2.75) is 54.4 Å². The predicted molar refractivity (Wildman–Crippen MR) is 170 cm³/mol. The number of amides is 3. The number of unbranched alkanes of at least 4 members (excludes halogenated alkanes) is 2. The fourth-order valence-corrected chi connectivity index (χ4v) is 6.75. The summed E-state index contributed by atoms with van der Waals surface area (Å²) in [5.41, 5.74) is 0. The summed E-state index contributed by atoms with van der Waals surface area (Å²) in [5, 5.41) is 17.6. The van der Waals surface area contributed by atoms with E-state index in [1.54, 1.807) is 12.1 Å². The van der Waals surface area contributed by atoms with E-state index < -0.39 is 60.5 Å². The number of hydrogen-bond acceptors (Lipinski definition) is 9. The van der Waals surface area contributed by atoms with Crippen molar-refractivity contribution in [1.29, 1.82) is 0 Å². The van der Waals surface area contributed by atoms with Crippen molar-refractivity contribution in [1.82, 2.24) is 16.0 Å². The highest BCUT2D eigenvalue weighted by Crippen LogP contribution is 2.43. The fraction of sp³-hybridized carbons (Fsp3) is 0.333. The molecule has 6 N–H and O–H groups in total. The summed E-state index contributed by atoms with van der Waals surface area (Å²) >= 11 is 0. The van der Waals surface area contributed by atoms with Crippen LogP contribution in [0.2, 0.25) is 0 Å². The maximum atomic E-state index is 12.9. The second kappa shape index (κ2) is 14.5. The Morgan fingerprint density at radius 2 is 1.43 bits per heavy atom. The van der Waals surface area contributed by atoms with Gasteiger partial charge in [0.2, 0.25) is 11.8 Å². The number of ether oxygens (including phenoxy) is 1. The van der Waals surface area contributed by atoms with Crippen molar-refractivity contribution in [3.8, 4) is 5.75 Å². The van der Waals surface area contributed by atoms with Crippen LogP contribution in [0.25, 0.3) is 32.3 Å². The number of aliphatic carboxylic acids is 1. The van der Waals surface area contributed by atoms with Crippen LogP contribution in [0.4, 0.5) is 0 Å². The Balaban J connectivity index is 1.53. The normalized spacial score (nSPS) is 12.7. The van der Waals surface area contributed by atoms with E-state index in [9.17, 15) is 45.1 Å². The van der Waals surface area contributed by atoms with Crippen LogP contribution in [0.3, 0.4) is 0 Å². The van der Waals surface area contributed by atoms with Gasteiger partial charge in [-0.3, -0.25) is 28.3 Å². The Kier molecular flexibility index (Phi) is 10.9. The van der Waals surface area contributed by atoms with Crippen LogP contribution in [-0.4, -0.2) is 81.0 Å². The van der Waals surface area contributed by atoms with Gasteiger partial charge in [-0.2, -0.15) is 16.8 Å². The van der Waals surface area contributed by atoms with Gasteiger partial charge in [-0.1, -0.05) is 30.7 Å². The first-order valence-electron chi connectivity index (χ1n) is 14.4. The topological polar surface area (TPSA) is 243 Å². The Hall–Kier alpha value is -4.58. The molecule has 0 aliphatic carbocycles. The van der Waals surface area contributed by atoms with Gasteiger partial charge in [-0.05, 0) is 42.2 Å². The van der Waals surface area contributed by atoms with E-state index in [-0.39, 0.29) is 57.9 Å². The van der Waals surface area contributed by atoms with Crippen molar-refractivity contribution in [2.24, 2.45) is 0 Å². The smallest absolute Gasteiger partial charge is 0.303 e. The second-order valence-corrected chi connectivity index (χ2v) is 13.5. The van der Waals surface area contributed by atoms with Gasteiger partial charge in [0, 0.05) is 54.0 Å². The molecule has 4 aromatic rings. The largest absolute Gasteiger partial charge is 0.483 e. The van der Waals surface area contributed by atoms with Crippen molar-refractivity contribution in [3.63, 3.8) is 0 Å². The van der Waals surface area contributed by atoms with Crippen LogP contribution in [0.1, 0.15) is 38.5 Å². The van der Waals surface area contributed by atoms with E-state index in [0.29, 0.717) is 31.2 Å². The molecule has 0 saturated carbocycles. The van der Waals surface area contributed by atoms with E-state index in [1.165, 1.54) is 31.3 Å². The molecule has 1 atom stereocenters. The van der Waals surface area contributed by atoms with Crippen LogP contribution in [0.5, 0.6) is 5.75 Å². The molecule has 0 aliphatic rings. The van der Waals surface area contributed by atoms with Gasteiger partial charge in [0.05, 0.1) is 0 Å². The number of hydrogen-bond donors (Lipinski definition) is 6. The number of carboxylic acid groups (broad SMARTS) is 1. The first-order valence-corrected chi connectivity index (χ1v) is 17.3. The average molecular weight is 692 g/mol. The average Bonchev–Trinajstić information content (AvgIpc) is 3.00. The highest BCUT2D eigenvalue weighted by Gasteiger charge is 2.25. The monoisotopic (exact) mass is 691 g/mol. The maximum Gasteiger partial charge on any atom is 0.303 e. The van der Waals surface area contributed by atoms with Crippen molar-refractivity contribution >= 4 is 76.2 Å². The molecule has 4 rings (SSSR count). The molecular formula is C30H33N3O12S2. The highest BCUT2D eigenvalue weighted by molar-refractivity contribution is 7.86. The lowest BCUT2D eigenvalue weighted by molar-refractivity contribution is -0.137. The number of rotatable bonds is 16. The number of likely N-dealkylation sites (N-methyl/N-ethyl adjacent to an activating group) is 1. The molecule has 0 aromatic heterocycles. The lowest BCUT2D eigenvalue weighted by Crippen LogP contribution is -2.47. The molecular weight excluding hydrogens is 658 g/mol. The predicted octanol–water partition coefficient (Wildman–Crippen LogP) is 2.23. The first kappa shape index (κ1) is 35.3. The molecule has 0 heterocycles. The molecule has 252 valence electrons. The van der Waals surface area contributed by atoms with E-state index in [2.05, 4.69) is 16.0 Å². The van der Waals surface area contributed by atoms with Crippen molar-refractivity contribution in [3.05, 3.63) is 42.5 Å². The SMILES string of the molecule is CNC(=O)C(CCC(=O)NCCCCCC(=O)O)NC(=O)COc1cc(S(=O)(=O)O)c2ccc3c(S(=O)(=O)O)ccc4ccc1c2c43. The summed E-state index contributed by atoms with van der Waals surface area (Å²) < 4.78 is 74.5. The Bertz CT molecular complexity index is 2060. The van der Waals surface area contributed by atoms with Crippen LogP contribution < -0.4 is 20.7 Å². The second-order valence-electron chi connectivity index (χ2n) is 10.7. The molecule has 47 heavy (non-hydrogen) atoms. The van der Waals surface area contributed by atoms with Crippen molar-refractivity contribution in [2.75, 3.05) is 20.2 Å². The third kappa shape index (κ3) is 8.42. The first-order chi connectivity index (χ1) is 22.1. The Morgan fingerprint density at radius 3 is 2.06 bits per heavy atom. The van der Waals surface area contributed by atoms with E-state index in [4.69, 9.17) is 9.84 Å². The molecule has 4 aromatic carbocycles. The van der Waals surface area contributed by atoms with E-state index >= 15 is 0 Å². The quantitative estimate of drug-likeness (QED) is 0.0563. The third-order valence-electron chi connectivity index (χ3n) is 7.53. The highest BCUT2D eigenvalue weighted by atomic mass is 32.2. The summed E-state index contributed by atoms with van der Waals surface area (Å²) in [7, 11) is -8.17. The van der Waals surface area contributed by atoms with Gasteiger partial charge in [-0.25, -0.2) is 0 Å². The fourth-order valence-electron chi connectivity index (χ4n) is 5.36. The Morgan fingerprint density at radius 1 is 0.787 bits per heavy atom. The molecule has 15 nitrogen and oxygen atoms in total. The van der Waals surface area contributed by atoms with Crippen LogP contribution in [0.15, 0.2) is 52.3 Å². The summed E-state index contributed by atoms with van der Waals surface area (Å²) in [6.45, 7) is -0.382. The molecule has 17 heteroatoms. The summed E-state index contributed by atoms with van der Waals surface area (Å²) in [4.78, 5) is 47.2. The lowest BCUT2D eigenvalue weighted by Gasteiger charge is -2.19. The number of carbonyl (C=O) groups excluding carboxylic acids is 3. The Labute approximate surface area is 269 Å². The maximum absolute atomic E-state index is 12.9. The van der Waals surface area contributed by atoms with Gasteiger partial charge >= 0.3 is 5.97 Å². The van der Waals surface area contributed by atoms with E-state index in [1.807, 2.05) is 0 Å². The number of carbonyl (C=O) groups is 4. The van der Waals surface area contributed by atoms with Gasteiger partial charge in [-0.15, -0.1) is 0 Å². The van der Waals surface area contributed by atoms with Crippen molar-refractivity contribution < 1.29 is 55.0 Å². The minimum Gasteiger partial charge on any atom is -0.483 e. The number of nitrogens with one attached hydrogen (secondary N) is 3. The van der Waals surface area contributed by atoms with Gasteiger partial charge < -0.3 is 25.8 Å². The molecule has 1 unspecified atom stereocenters. The minimum absolute atomic E-state index is 0.0431. The number of carboxylic acids is 1. The standard InChI is InChI=1S/C30H33N3O12S2/c1-31-30(38)21(11-13-25(34)32-14-4-2-3-5-27(36)37)33-26(35)16-45-22-15-24(47(42,43)44)20-10-9-19-23(46(39,40)41)12-7-17-6-8-18(22)29(20)28(17)19/h6-10,12,15,21H,2-5,11,13-14,16H2,1H3,(H,31,38)(H,32,34)(H,33,35)(H,36,37)(H,39,40,41)(H,42,43,44). The molecule has 3 amide bonds. The van der Waals surface area contributed by atoms with E-state index in [0.717, 1.165) is 6.07 Å². The van der Waals surface area contributed by atoms with Gasteiger partial charge in [0.1, 0.15) is 21.6 Å². The third-order valence-corrected chi connectivity index (χ3v) is 9.33. The zero-order chi connectivity index (χ0) is 34.5. The number of benzene rings is 4. The molecule has 0 aliphatic heterocycles. The summed E-state index contributed by atoms with van der Waals surface area (Å²) in [6.07, 6.45) is 1.56. The molecule has 0 spiro atoms. The minimum atomic E-state index is -4.85. The summed E-state index contributed by atoms with van der Waals surface area (Å²) in [6, 6.07) is 8.33. The molecule has 0 fully saturated rings. The zero-order valence-corrected chi connectivity index (χ0v) is 26.7. The van der Waals surface area contributed by atoms with Crippen LogP contribution in [-0.2, 0) is 39.4 Å².